The summed E-state index contributed by atoms with van der Waals surface area (Å²) in [5.41, 5.74) is 0.630. The maximum atomic E-state index is 12.3. The summed E-state index contributed by atoms with van der Waals surface area (Å²) in [6, 6.07) is 4.96. The summed E-state index contributed by atoms with van der Waals surface area (Å²) in [5, 5.41) is 13.0. The molecule has 2 rings (SSSR count). The van der Waals surface area contributed by atoms with Gasteiger partial charge in [0.25, 0.3) is 0 Å². The fourth-order valence-corrected chi connectivity index (χ4v) is 2.79. The van der Waals surface area contributed by atoms with Crippen LogP contribution in [0.2, 0.25) is 5.02 Å². The number of benzene rings is 1. The van der Waals surface area contributed by atoms with Gasteiger partial charge in [0.15, 0.2) is 0 Å². The van der Waals surface area contributed by atoms with E-state index in [-0.39, 0.29) is 11.9 Å². The minimum Gasteiger partial charge on any atom is -0.495 e. The lowest BCUT2D eigenvalue weighted by Crippen LogP contribution is -2.44. The minimum atomic E-state index is -0.393. The van der Waals surface area contributed by atoms with Crippen molar-refractivity contribution in [3.05, 3.63) is 23.2 Å². The number of hydrogen-bond donors (Lipinski definition) is 2. The number of nitrogens with one attached hydrogen (secondary N) is 1. The molecule has 1 aromatic rings. The van der Waals surface area contributed by atoms with E-state index in [1.165, 1.54) is 0 Å². The normalized spacial score (nSPS) is 20.0. The molecule has 0 bridgehead atoms. The van der Waals surface area contributed by atoms with Crippen molar-refractivity contribution < 1.29 is 14.6 Å². The first-order chi connectivity index (χ1) is 10.0. The van der Waals surface area contributed by atoms with Crippen molar-refractivity contribution in [3.63, 3.8) is 0 Å². The van der Waals surface area contributed by atoms with Gasteiger partial charge in [-0.25, -0.2) is 4.79 Å². The minimum absolute atomic E-state index is 0.143. The molecule has 0 radical (unpaired) electrons. The molecule has 0 aromatic heterocycles. The number of carbonyl (C=O) groups excluding carboxylic acids is 1. The van der Waals surface area contributed by atoms with Crippen molar-refractivity contribution in [2.24, 2.45) is 5.92 Å². The number of rotatable bonds is 3. The number of ether oxygens (including phenoxy) is 1. The Balaban J connectivity index is 1.99. The monoisotopic (exact) mass is 312 g/mol. The number of aliphatic hydroxyl groups excluding tert-OH is 1. The zero-order chi connectivity index (χ0) is 15.4. The second kappa shape index (κ2) is 7.00. The first-order valence-electron chi connectivity index (χ1n) is 7.08. The van der Waals surface area contributed by atoms with Gasteiger partial charge in [0, 0.05) is 24.7 Å². The van der Waals surface area contributed by atoms with E-state index in [4.69, 9.17) is 16.3 Å². The average Bonchev–Trinajstić information content (AvgIpc) is 2.47. The quantitative estimate of drug-likeness (QED) is 0.902. The van der Waals surface area contributed by atoms with Crippen LogP contribution in [0.5, 0.6) is 5.75 Å². The van der Waals surface area contributed by atoms with Crippen LogP contribution in [0.3, 0.4) is 0 Å². The van der Waals surface area contributed by atoms with E-state index in [1.54, 1.807) is 37.1 Å². The Bertz CT molecular complexity index is 508. The van der Waals surface area contributed by atoms with Gasteiger partial charge >= 0.3 is 6.03 Å². The summed E-state index contributed by atoms with van der Waals surface area (Å²) >= 11 is 6.04. The molecule has 1 aliphatic heterocycles. The Hall–Kier alpha value is -1.46. The Kier molecular flexibility index (Phi) is 5.31. The summed E-state index contributed by atoms with van der Waals surface area (Å²) in [4.78, 5) is 14.0. The third-order valence-corrected chi connectivity index (χ3v) is 4.13. The van der Waals surface area contributed by atoms with Crippen molar-refractivity contribution in [2.75, 3.05) is 25.5 Å². The molecule has 2 amide bonds. The van der Waals surface area contributed by atoms with Gasteiger partial charge in [0.2, 0.25) is 0 Å². The lowest BCUT2D eigenvalue weighted by Gasteiger charge is -2.34. The van der Waals surface area contributed by atoms with Gasteiger partial charge in [0.1, 0.15) is 5.75 Å². The highest BCUT2D eigenvalue weighted by atomic mass is 35.5. The van der Waals surface area contributed by atoms with Gasteiger partial charge in [-0.05, 0) is 38.0 Å². The van der Waals surface area contributed by atoms with Crippen molar-refractivity contribution >= 4 is 23.3 Å². The number of nitrogens with zero attached hydrogens (tertiary/aromatic N) is 1. The smallest absolute Gasteiger partial charge is 0.321 e. The zero-order valence-corrected chi connectivity index (χ0v) is 13.1. The number of aliphatic hydroxyl groups is 1. The van der Waals surface area contributed by atoms with E-state index >= 15 is 0 Å². The molecule has 0 saturated carbocycles. The number of hydrogen-bond acceptors (Lipinski definition) is 3. The number of likely N-dealkylation sites (tertiary alicyclic amines) is 1. The van der Waals surface area contributed by atoms with Crippen LogP contribution in [-0.2, 0) is 0 Å². The molecule has 5 nitrogen and oxygen atoms in total. The van der Waals surface area contributed by atoms with Gasteiger partial charge in [-0.3, -0.25) is 0 Å². The van der Waals surface area contributed by atoms with E-state index in [2.05, 4.69) is 5.32 Å². The van der Waals surface area contributed by atoms with Crippen LogP contribution < -0.4 is 10.1 Å². The first kappa shape index (κ1) is 15.9. The Morgan fingerprint density at radius 3 is 2.95 bits per heavy atom. The number of anilines is 1. The summed E-state index contributed by atoms with van der Waals surface area (Å²) in [7, 11) is 1.55. The van der Waals surface area contributed by atoms with Gasteiger partial charge < -0.3 is 20.1 Å². The van der Waals surface area contributed by atoms with Crippen molar-refractivity contribution in [2.45, 2.75) is 25.9 Å². The van der Waals surface area contributed by atoms with E-state index in [0.29, 0.717) is 29.5 Å². The van der Waals surface area contributed by atoms with Gasteiger partial charge in [-0.2, -0.15) is 0 Å². The standard InChI is InChI=1S/C15H21ClN2O3/c1-10(19)11-4-3-7-18(9-11)15(20)17-12-5-6-14(21-2)13(16)8-12/h5-6,8,10-11,19H,3-4,7,9H2,1-2H3,(H,17,20). The van der Waals surface area contributed by atoms with Crippen LogP contribution in [-0.4, -0.2) is 42.3 Å². The van der Waals surface area contributed by atoms with Crippen LogP contribution in [0, 0.1) is 5.92 Å². The van der Waals surface area contributed by atoms with E-state index in [9.17, 15) is 9.90 Å². The van der Waals surface area contributed by atoms with Crippen LogP contribution >= 0.6 is 11.6 Å². The predicted octanol–water partition coefficient (Wildman–Crippen LogP) is 2.97. The maximum absolute atomic E-state index is 12.3. The molecule has 1 heterocycles. The Morgan fingerprint density at radius 2 is 2.33 bits per heavy atom. The highest BCUT2D eigenvalue weighted by molar-refractivity contribution is 6.32. The first-order valence-corrected chi connectivity index (χ1v) is 7.46. The summed E-state index contributed by atoms with van der Waals surface area (Å²) < 4.78 is 5.08. The molecule has 1 fully saturated rings. The third-order valence-electron chi connectivity index (χ3n) is 3.83. The molecule has 6 heteroatoms. The van der Waals surface area contributed by atoms with Crippen LogP contribution in [0.15, 0.2) is 18.2 Å². The topological polar surface area (TPSA) is 61.8 Å². The summed E-state index contributed by atoms with van der Waals surface area (Å²) in [6.07, 6.45) is 1.47. The highest BCUT2D eigenvalue weighted by Gasteiger charge is 2.26. The lowest BCUT2D eigenvalue weighted by atomic mass is 9.94. The SMILES string of the molecule is COc1ccc(NC(=O)N2CCCC(C(C)O)C2)cc1Cl. The lowest BCUT2D eigenvalue weighted by molar-refractivity contribution is 0.0766. The predicted molar refractivity (Wildman–Crippen MR) is 83.0 cm³/mol. The number of carbonyl (C=O) groups is 1. The molecule has 0 aliphatic carbocycles. The van der Waals surface area contributed by atoms with E-state index in [1.807, 2.05) is 0 Å². The number of urea groups is 1. The average molecular weight is 313 g/mol. The van der Waals surface area contributed by atoms with Gasteiger partial charge in [-0.1, -0.05) is 11.6 Å². The molecule has 2 N–H and O–H groups in total. The van der Waals surface area contributed by atoms with Gasteiger partial charge in [0.05, 0.1) is 18.2 Å². The highest BCUT2D eigenvalue weighted by Crippen LogP contribution is 2.27. The number of piperidine rings is 1. The van der Waals surface area contributed by atoms with Crippen LogP contribution in [0.4, 0.5) is 10.5 Å². The number of methoxy groups -OCH3 is 1. The van der Waals surface area contributed by atoms with E-state index in [0.717, 1.165) is 12.8 Å². The second-order valence-electron chi connectivity index (χ2n) is 5.37. The fraction of sp³-hybridized carbons (Fsp3) is 0.533. The van der Waals surface area contributed by atoms with Crippen LogP contribution in [0.1, 0.15) is 19.8 Å². The van der Waals surface area contributed by atoms with E-state index < -0.39 is 6.10 Å². The molecule has 1 saturated heterocycles. The number of halogens is 1. The molecule has 2 atom stereocenters. The molecule has 116 valence electrons. The molecular formula is C15H21ClN2O3. The maximum Gasteiger partial charge on any atom is 0.321 e. The molecular weight excluding hydrogens is 292 g/mol. The molecule has 0 spiro atoms. The zero-order valence-electron chi connectivity index (χ0n) is 12.3. The van der Waals surface area contributed by atoms with Crippen molar-refractivity contribution in [1.29, 1.82) is 0 Å². The van der Waals surface area contributed by atoms with Gasteiger partial charge in [-0.15, -0.1) is 0 Å². The fourth-order valence-electron chi connectivity index (χ4n) is 2.53. The Labute approximate surface area is 129 Å². The largest absolute Gasteiger partial charge is 0.495 e. The molecule has 21 heavy (non-hydrogen) atoms. The number of amides is 2. The van der Waals surface area contributed by atoms with Crippen molar-refractivity contribution in [3.8, 4) is 5.75 Å². The molecule has 2 unspecified atom stereocenters. The Morgan fingerprint density at radius 1 is 1.57 bits per heavy atom. The summed E-state index contributed by atoms with van der Waals surface area (Å²) in [5.74, 6) is 0.714. The second-order valence-corrected chi connectivity index (χ2v) is 5.78. The third kappa shape index (κ3) is 4.02. The van der Waals surface area contributed by atoms with Crippen molar-refractivity contribution in [1.82, 2.24) is 4.90 Å². The summed E-state index contributed by atoms with van der Waals surface area (Å²) in [6.45, 7) is 3.06. The van der Waals surface area contributed by atoms with Crippen LogP contribution in [0.25, 0.3) is 0 Å². The molecule has 1 aromatic carbocycles. The molecule has 1 aliphatic rings.